The van der Waals surface area contributed by atoms with Crippen LogP contribution in [0.3, 0.4) is 0 Å². The highest BCUT2D eigenvalue weighted by Crippen LogP contribution is 2.32. The average Bonchev–Trinajstić information content (AvgIpc) is 3.34. The van der Waals surface area contributed by atoms with Gasteiger partial charge in [0.25, 0.3) is 11.5 Å². The average molecular weight is 467 g/mol. The number of pyridine rings is 1. The van der Waals surface area contributed by atoms with Gasteiger partial charge in [0, 0.05) is 38.6 Å². The van der Waals surface area contributed by atoms with Crippen LogP contribution >= 0.6 is 11.6 Å². The summed E-state index contributed by atoms with van der Waals surface area (Å²) in [7, 11) is 1.58. The fraction of sp³-hybridized carbons (Fsp3) is 0.417. The largest absolute Gasteiger partial charge is 0.369 e. The number of para-hydroxylation sites is 1. The van der Waals surface area contributed by atoms with E-state index in [1.807, 2.05) is 30.3 Å². The topological polar surface area (TPSA) is 94.2 Å². The molecule has 0 aliphatic carbocycles. The summed E-state index contributed by atoms with van der Waals surface area (Å²) < 4.78 is 0. The number of fused-ring (bicyclic) bond motifs is 1. The maximum absolute atomic E-state index is 12.5. The van der Waals surface area contributed by atoms with E-state index in [2.05, 4.69) is 25.1 Å². The molecule has 1 atom stereocenters. The van der Waals surface area contributed by atoms with E-state index in [0.29, 0.717) is 22.3 Å². The molecule has 172 valence electrons. The summed E-state index contributed by atoms with van der Waals surface area (Å²) in [5.41, 5.74) is 1.90. The van der Waals surface area contributed by atoms with E-state index in [4.69, 9.17) is 16.6 Å². The van der Waals surface area contributed by atoms with E-state index in [0.717, 1.165) is 62.5 Å². The van der Waals surface area contributed by atoms with E-state index < -0.39 is 0 Å². The molecule has 0 saturated carbocycles. The summed E-state index contributed by atoms with van der Waals surface area (Å²) >= 11 is 6.39. The predicted molar refractivity (Wildman–Crippen MR) is 129 cm³/mol. The molecule has 33 heavy (non-hydrogen) atoms. The van der Waals surface area contributed by atoms with Crippen LogP contribution in [0, 0.1) is 0 Å². The van der Waals surface area contributed by atoms with Crippen LogP contribution in [0.1, 0.15) is 41.5 Å². The first-order valence-corrected chi connectivity index (χ1v) is 11.8. The van der Waals surface area contributed by atoms with Gasteiger partial charge in [0.1, 0.15) is 11.5 Å². The van der Waals surface area contributed by atoms with E-state index >= 15 is 0 Å². The quantitative estimate of drug-likeness (QED) is 0.574. The van der Waals surface area contributed by atoms with Crippen molar-refractivity contribution >= 4 is 34.1 Å². The Morgan fingerprint density at radius 3 is 2.64 bits per heavy atom. The maximum Gasteiger partial charge on any atom is 0.269 e. The van der Waals surface area contributed by atoms with Crippen molar-refractivity contribution in [2.24, 2.45) is 0 Å². The number of nitrogens with zero attached hydrogens (tertiary/aromatic N) is 4. The van der Waals surface area contributed by atoms with Gasteiger partial charge in [-0.05, 0) is 50.1 Å². The fourth-order valence-electron chi connectivity index (χ4n) is 5.03. The number of H-pyrrole nitrogens is 1. The van der Waals surface area contributed by atoms with Gasteiger partial charge in [-0.2, -0.15) is 0 Å². The van der Waals surface area contributed by atoms with Gasteiger partial charge < -0.3 is 15.2 Å². The van der Waals surface area contributed by atoms with E-state index in [9.17, 15) is 9.59 Å². The van der Waals surface area contributed by atoms with Crippen LogP contribution in [-0.2, 0) is 0 Å². The molecule has 1 unspecified atom stereocenters. The highest BCUT2D eigenvalue weighted by Gasteiger charge is 2.33. The Balaban J connectivity index is 1.22. The van der Waals surface area contributed by atoms with Gasteiger partial charge in [-0.3, -0.25) is 14.5 Å². The molecule has 9 heteroatoms. The number of hydrogen-bond donors (Lipinski definition) is 2. The minimum atomic E-state index is -0.243. The molecule has 2 aliphatic rings. The van der Waals surface area contributed by atoms with Crippen molar-refractivity contribution in [2.75, 3.05) is 38.1 Å². The number of hydrogen-bond acceptors (Lipinski definition) is 6. The normalized spacial score (nSPS) is 19.8. The van der Waals surface area contributed by atoms with Crippen molar-refractivity contribution in [3.63, 3.8) is 0 Å². The molecule has 2 aliphatic heterocycles. The van der Waals surface area contributed by atoms with Crippen LogP contribution in [0.5, 0.6) is 0 Å². The van der Waals surface area contributed by atoms with Crippen molar-refractivity contribution in [1.29, 1.82) is 0 Å². The Morgan fingerprint density at radius 1 is 1.09 bits per heavy atom. The number of carbonyl (C=O) groups is 1. The Hall–Kier alpha value is -2.97. The number of rotatable bonds is 4. The monoisotopic (exact) mass is 466 g/mol. The molecular formula is C24H27ClN6O2. The molecule has 2 N–H and O–H groups in total. The first-order chi connectivity index (χ1) is 16.0. The van der Waals surface area contributed by atoms with Crippen LogP contribution in [0.4, 0.5) is 5.69 Å². The van der Waals surface area contributed by atoms with E-state index in [-0.39, 0.29) is 17.4 Å². The van der Waals surface area contributed by atoms with Crippen LogP contribution < -0.4 is 15.8 Å². The summed E-state index contributed by atoms with van der Waals surface area (Å²) in [6.45, 7) is 3.69. The second kappa shape index (κ2) is 9.11. The van der Waals surface area contributed by atoms with Crippen molar-refractivity contribution < 1.29 is 4.79 Å². The zero-order valence-electron chi connectivity index (χ0n) is 18.6. The zero-order chi connectivity index (χ0) is 22.9. The van der Waals surface area contributed by atoms with Gasteiger partial charge >= 0.3 is 0 Å². The smallest absolute Gasteiger partial charge is 0.269 e. The number of nitrogens with one attached hydrogen (secondary N) is 2. The molecule has 0 radical (unpaired) electrons. The zero-order valence-corrected chi connectivity index (χ0v) is 19.3. The molecule has 1 amide bonds. The second-order valence-corrected chi connectivity index (χ2v) is 9.11. The van der Waals surface area contributed by atoms with Crippen LogP contribution in [-0.4, -0.2) is 65.0 Å². The molecule has 2 fully saturated rings. The number of piperidine rings is 1. The summed E-state index contributed by atoms with van der Waals surface area (Å²) in [6.07, 6.45) is 3.06. The first kappa shape index (κ1) is 21.9. The van der Waals surface area contributed by atoms with Gasteiger partial charge in [0.05, 0.1) is 16.6 Å². The van der Waals surface area contributed by atoms with Crippen LogP contribution in [0.2, 0.25) is 5.15 Å². The standard InChI is InChI=1S/C24H27ClN6O2/c1-26-24(33)19-6-7-20(21(25)27-19)30-12-9-16(10-13-30)31-11-8-15(14-31)22-28-18-5-3-2-4-17(18)23(32)29-22/h2-7,15-16H,8-14H2,1H3,(H,26,33)(H,28,29,32). The Morgan fingerprint density at radius 2 is 1.88 bits per heavy atom. The fourth-order valence-corrected chi connectivity index (χ4v) is 5.30. The number of carbonyl (C=O) groups excluding carboxylic acids is 1. The molecule has 0 spiro atoms. The lowest BCUT2D eigenvalue weighted by Gasteiger charge is -2.38. The highest BCUT2D eigenvalue weighted by atomic mass is 35.5. The number of anilines is 1. The molecular weight excluding hydrogens is 440 g/mol. The van der Waals surface area contributed by atoms with Crippen molar-refractivity contribution in [3.05, 3.63) is 63.4 Å². The number of amides is 1. The number of benzene rings is 1. The molecule has 5 rings (SSSR count). The highest BCUT2D eigenvalue weighted by molar-refractivity contribution is 6.32. The van der Waals surface area contributed by atoms with E-state index in [1.165, 1.54) is 0 Å². The number of halogens is 1. The summed E-state index contributed by atoms with van der Waals surface area (Å²) in [6, 6.07) is 11.6. The molecule has 0 bridgehead atoms. The first-order valence-electron chi connectivity index (χ1n) is 11.4. The van der Waals surface area contributed by atoms with Crippen LogP contribution in [0.25, 0.3) is 10.9 Å². The third kappa shape index (κ3) is 4.32. The lowest BCUT2D eigenvalue weighted by atomic mass is 10.0. The second-order valence-electron chi connectivity index (χ2n) is 8.75. The molecule has 4 heterocycles. The minimum Gasteiger partial charge on any atom is -0.369 e. The SMILES string of the molecule is CNC(=O)c1ccc(N2CCC(N3CCC(c4nc5ccccc5c(=O)[nH]4)C3)CC2)c(Cl)n1. The summed E-state index contributed by atoms with van der Waals surface area (Å²) in [5, 5.41) is 3.57. The molecule has 2 aromatic heterocycles. The van der Waals surface area contributed by atoms with Gasteiger partial charge in [-0.1, -0.05) is 23.7 Å². The van der Waals surface area contributed by atoms with Gasteiger partial charge in [-0.25, -0.2) is 9.97 Å². The molecule has 1 aromatic carbocycles. The third-order valence-electron chi connectivity index (χ3n) is 6.85. The molecule has 3 aromatic rings. The Bertz CT molecular complexity index is 1240. The van der Waals surface area contributed by atoms with Gasteiger partial charge in [0.2, 0.25) is 0 Å². The Labute approximate surface area is 197 Å². The maximum atomic E-state index is 12.5. The lowest BCUT2D eigenvalue weighted by Crippen LogP contribution is -2.44. The van der Waals surface area contributed by atoms with Gasteiger partial charge in [0.15, 0.2) is 5.15 Å². The molecule has 8 nitrogen and oxygen atoms in total. The minimum absolute atomic E-state index is 0.0599. The van der Waals surface area contributed by atoms with Crippen molar-refractivity contribution in [2.45, 2.75) is 31.2 Å². The lowest BCUT2D eigenvalue weighted by molar-refractivity contribution is 0.0958. The number of aromatic nitrogens is 3. The number of likely N-dealkylation sites (tertiary alicyclic amines) is 1. The Kier molecular flexibility index (Phi) is 6.03. The van der Waals surface area contributed by atoms with Crippen LogP contribution in [0.15, 0.2) is 41.2 Å². The van der Waals surface area contributed by atoms with E-state index in [1.54, 1.807) is 13.1 Å². The number of aromatic amines is 1. The third-order valence-corrected chi connectivity index (χ3v) is 7.13. The van der Waals surface area contributed by atoms with Crippen molar-refractivity contribution in [3.8, 4) is 0 Å². The summed E-state index contributed by atoms with van der Waals surface area (Å²) in [4.78, 5) is 41.0. The van der Waals surface area contributed by atoms with Gasteiger partial charge in [-0.15, -0.1) is 0 Å². The summed E-state index contributed by atoms with van der Waals surface area (Å²) in [5.74, 6) is 0.803. The van der Waals surface area contributed by atoms with Crippen molar-refractivity contribution in [1.82, 2.24) is 25.2 Å². The molecule has 2 saturated heterocycles. The predicted octanol–water partition coefficient (Wildman–Crippen LogP) is 2.79.